The predicted octanol–water partition coefficient (Wildman–Crippen LogP) is 1.60. The van der Waals surface area contributed by atoms with Gasteiger partial charge in [0.2, 0.25) is 0 Å². The third-order valence-corrected chi connectivity index (χ3v) is 2.96. The maximum Gasteiger partial charge on any atom is 0.188 e. The molecule has 7 heteroatoms. The minimum Gasteiger partial charge on any atom is -0.383 e. The van der Waals surface area contributed by atoms with Crippen molar-refractivity contribution in [3.63, 3.8) is 0 Å². The van der Waals surface area contributed by atoms with Crippen LogP contribution in [0.2, 0.25) is 0 Å². The molecule has 0 bridgehead atoms. The molecule has 0 saturated heterocycles. The van der Waals surface area contributed by atoms with Gasteiger partial charge in [0.25, 0.3) is 0 Å². The van der Waals surface area contributed by atoms with Gasteiger partial charge in [-0.25, -0.2) is 9.98 Å². The Kier molecular flexibility index (Phi) is 8.53. The predicted molar refractivity (Wildman–Crippen MR) is 98.4 cm³/mol. The van der Waals surface area contributed by atoms with Crippen LogP contribution in [0.15, 0.2) is 48.0 Å². The van der Waals surface area contributed by atoms with Gasteiger partial charge >= 0.3 is 0 Å². The van der Waals surface area contributed by atoms with Crippen molar-refractivity contribution in [1.82, 2.24) is 14.9 Å². The Balaban J connectivity index is 0.00000242. The van der Waals surface area contributed by atoms with E-state index in [0.717, 1.165) is 12.1 Å². The van der Waals surface area contributed by atoms with Crippen molar-refractivity contribution in [2.45, 2.75) is 13.1 Å². The van der Waals surface area contributed by atoms with E-state index in [1.165, 1.54) is 5.56 Å². The van der Waals surface area contributed by atoms with Crippen LogP contribution in [-0.2, 0) is 17.8 Å². The quantitative estimate of drug-likeness (QED) is 0.312. The van der Waals surface area contributed by atoms with E-state index in [4.69, 9.17) is 10.5 Å². The average Bonchev–Trinajstić information content (AvgIpc) is 2.99. The highest BCUT2D eigenvalue weighted by molar-refractivity contribution is 14.0. The number of guanidine groups is 1. The molecular weight excluding hydrogens is 393 g/mol. The molecule has 120 valence electrons. The number of nitrogens with zero attached hydrogens (tertiary/aromatic N) is 3. The molecule has 1 aromatic heterocycles. The summed E-state index contributed by atoms with van der Waals surface area (Å²) in [6.45, 7) is 2.63. The van der Waals surface area contributed by atoms with Crippen molar-refractivity contribution >= 4 is 29.9 Å². The lowest BCUT2D eigenvalue weighted by Crippen LogP contribution is -2.34. The first kappa shape index (κ1) is 18.4. The number of aromatic nitrogens is 2. The molecule has 22 heavy (non-hydrogen) atoms. The van der Waals surface area contributed by atoms with Crippen molar-refractivity contribution in [3.05, 3.63) is 54.1 Å². The molecule has 0 aliphatic rings. The smallest absolute Gasteiger partial charge is 0.188 e. The Bertz CT molecular complexity index is 571. The van der Waals surface area contributed by atoms with Crippen molar-refractivity contribution in [3.8, 4) is 0 Å². The monoisotopic (exact) mass is 415 g/mol. The van der Waals surface area contributed by atoms with Crippen molar-refractivity contribution in [2.24, 2.45) is 10.7 Å². The highest BCUT2D eigenvalue weighted by Crippen LogP contribution is 2.08. The highest BCUT2D eigenvalue weighted by Gasteiger charge is 1.98. The summed E-state index contributed by atoms with van der Waals surface area (Å²) in [5.41, 5.74) is 8.12. The molecule has 0 aliphatic carbocycles. The molecule has 2 aromatic rings. The summed E-state index contributed by atoms with van der Waals surface area (Å²) < 4.78 is 6.97. The minimum absolute atomic E-state index is 0. The largest absolute Gasteiger partial charge is 0.383 e. The number of methoxy groups -OCH3 is 1. The number of hydrogen-bond acceptors (Lipinski definition) is 3. The van der Waals surface area contributed by atoms with Crippen LogP contribution >= 0.6 is 24.0 Å². The molecule has 0 unspecified atom stereocenters. The molecule has 0 radical (unpaired) electrons. The second-order valence-electron chi connectivity index (χ2n) is 4.68. The molecule has 0 aliphatic heterocycles. The number of hydrogen-bond donors (Lipinski definition) is 2. The standard InChI is InChI=1S/C15H21N5O.HI/c1-21-8-6-18-15(16)19-10-13-3-2-4-14(9-13)11-20-7-5-17-12-20;/h2-5,7,9,12H,6,8,10-11H2,1H3,(H3,16,18,19);1H. The summed E-state index contributed by atoms with van der Waals surface area (Å²) in [5, 5.41) is 3.00. The summed E-state index contributed by atoms with van der Waals surface area (Å²) in [4.78, 5) is 8.35. The molecule has 0 amide bonds. The number of ether oxygens (including phenoxy) is 1. The second-order valence-corrected chi connectivity index (χ2v) is 4.68. The zero-order valence-electron chi connectivity index (χ0n) is 12.6. The van der Waals surface area contributed by atoms with Gasteiger partial charge in [-0.15, -0.1) is 24.0 Å². The molecule has 0 fully saturated rings. The first-order valence-electron chi connectivity index (χ1n) is 6.84. The summed E-state index contributed by atoms with van der Waals surface area (Å²) >= 11 is 0. The second kappa shape index (κ2) is 10.2. The lowest BCUT2D eigenvalue weighted by molar-refractivity contribution is 0.204. The molecule has 0 spiro atoms. The van der Waals surface area contributed by atoms with Crippen molar-refractivity contribution < 1.29 is 4.74 Å². The molecule has 2 rings (SSSR count). The van der Waals surface area contributed by atoms with Gasteiger partial charge in [0.05, 0.1) is 19.5 Å². The van der Waals surface area contributed by atoms with Crippen LogP contribution in [0.5, 0.6) is 0 Å². The van der Waals surface area contributed by atoms with E-state index in [9.17, 15) is 0 Å². The first-order chi connectivity index (χ1) is 10.3. The van der Waals surface area contributed by atoms with Gasteiger partial charge in [-0.1, -0.05) is 24.3 Å². The van der Waals surface area contributed by atoms with Crippen LogP contribution in [0, 0.1) is 0 Å². The SMILES string of the molecule is COCCNC(N)=NCc1cccc(Cn2ccnc2)c1.I. The number of imidazole rings is 1. The highest BCUT2D eigenvalue weighted by atomic mass is 127. The normalized spacial score (nSPS) is 11.0. The van der Waals surface area contributed by atoms with E-state index >= 15 is 0 Å². The lowest BCUT2D eigenvalue weighted by Gasteiger charge is -2.06. The summed E-state index contributed by atoms with van der Waals surface area (Å²) in [5.74, 6) is 0.437. The van der Waals surface area contributed by atoms with Gasteiger partial charge < -0.3 is 20.4 Å². The van der Waals surface area contributed by atoms with E-state index in [1.807, 2.05) is 29.2 Å². The number of nitrogens with one attached hydrogen (secondary N) is 1. The van der Waals surface area contributed by atoms with Crippen LogP contribution < -0.4 is 11.1 Å². The molecule has 0 saturated carbocycles. The van der Waals surface area contributed by atoms with Crippen LogP contribution in [0.1, 0.15) is 11.1 Å². The van der Waals surface area contributed by atoms with Gasteiger partial charge in [0.15, 0.2) is 5.96 Å². The van der Waals surface area contributed by atoms with Gasteiger partial charge in [0.1, 0.15) is 0 Å². The van der Waals surface area contributed by atoms with Crippen LogP contribution in [0.3, 0.4) is 0 Å². The lowest BCUT2D eigenvalue weighted by atomic mass is 10.1. The van der Waals surface area contributed by atoms with E-state index < -0.39 is 0 Å². The minimum atomic E-state index is 0. The third kappa shape index (κ3) is 6.44. The summed E-state index contributed by atoms with van der Waals surface area (Å²) in [6, 6.07) is 8.30. The van der Waals surface area contributed by atoms with Crippen molar-refractivity contribution in [2.75, 3.05) is 20.3 Å². The number of aliphatic imine (C=N–C) groups is 1. The number of nitrogens with two attached hydrogens (primary N) is 1. The van der Waals surface area contributed by atoms with Crippen molar-refractivity contribution in [1.29, 1.82) is 0 Å². The average molecular weight is 415 g/mol. The van der Waals surface area contributed by atoms with Gasteiger partial charge in [-0.2, -0.15) is 0 Å². The fraction of sp³-hybridized carbons (Fsp3) is 0.333. The van der Waals surface area contributed by atoms with E-state index in [1.54, 1.807) is 13.3 Å². The fourth-order valence-electron chi connectivity index (χ4n) is 1.93. The zero-order valence-corrected chi connectivity index (χ0v) is 14.9. The van der Waals surface area contributed by atoms with Gasteiger partial charge in [0, 0.05) is 32.6 Å². The van der Waals surface area contributed by atoms with Crippen LogP contribution in [0.4, 0.5) is 0 Å². The molecular formula is C15H22IN5O. The Hall–Kier alpha value is -1.61. The molecule has 1 heterocycles. The van der Waals surface area contributed by atoms with Crippen LogP contribution in [0.25, 0.3) is 0 Å². The maximum absolute atomic E-state index is 5.78. The molecule has 1 aromatic carbocycles. The zero-order chi connectivity index (χ0) is 14.9. The topological polar surface area (TPSA) is 77.5 Å². The summed E-state index contributed by atoms with van der Waals surface area (Å²) in [7, 11) is 1.65. The van der Waals surface area contributed by atoms with E-state index in [-0.39, 0.29) is 24.0 Å². The Labute approximate surface area is 147 Å². The molecule has 3 N–H and O–H groups in total. The third-order valence-electron chi connectivity index (χ3n) is 2.96. The van der Waals surface area contributed by atoms with Gasteiger partial charge in [-0.05, 0) is 11.1 Å². The fourth-order valence-corrected chi connectivity index (χ4v) is 1.93. The molecule has 6 nitrogen and oxygen atoms in total. The molecule has 0 atom stereocenters. The first-order valence-corrected chi connectivity index (χ1v) is 6.84. The Morgan fingerprint density at radius 1 is 1.41 bits per heavy atom. The Morgan fingerprint density at radius 2 is 2.23 bits per heavy atom. The number of benzene rings is 1. The van der Waals surface area contributed by atoms with E-state index in [0.29, 0.717) is 25.7 Å². The van der Waals surface area contributed by atoms with E-state index in [2.05, 4.69) is 27.4 Å². The Morgan fingerprint density at radius 3 is 2.95 bits per heavy atom. The number of rotatable bonds is 7. The van der Waals surface area contributed by atoms with Gasteiger partial charge in [-0.3, -0.25) is 0 Å². The van der Waals surface area contributed by atoms with Crippen LogP contribution in [-0.4, -0.2) is 35.8 Å². The summed E-state index contributed by atoms with van der Waals surface area (Å²) in [6.07, 6.45) is 5.53. The number of halogens is 1. The maximum atomic E-state index is 5.78.